The maximum absolute atomic E-state index is 12.0. The highest BCUT2D eigenvalue weighted by Crippen LogP contribution is 2.25. The van der Waals surface area contributed by atoms with Crippen LogP contribution in [-0.2, 0) is 4.79 Å². The molecular weight excluding hydrogens is 268 g/mol. The number of ether oxygens (including phenoxy) is 1. The minimum Gasteiger partial charge on any atom is -0.495 e. The molecule has 0 fully saturated rings. The molecular formula is C16H26N2O3. The molecule has 118 valence electrons. The van der Waals surface area contributed by atoms with Crippen LogP contribution < -0.4 is 10.1 Å². The van der Waals surface area contributed by atoms with Crippen LogP contribution in [0.3, 0.4) is 0 Å². The van der Waals surface area contributed by atoms with Crippen LogP contribution in [-0.4, -0.2) is 49.8 Å². The number of aliphatic hydroxyl groups is 1. The number of aliphatic hydroxyl groups excluding tert-OH is 1. The predicted molar refractivity (Wildman–Crippen MR) is 84.8 cm³/mol. The molecule has 1 rings (SSSR count). The number of carbonyl (C=O) groups excluding carboxylic acids is 1. The molecule has 1 aromatic carbocycles. The lowest BCUT2D eigenvalue weighted by molar-refractivity contribution is -0.117. The van der Waals surface area contributed by atoms with E-state index in [1.807, 2.05) is 37.1 Å². The average Bonchev–Trinajstić information content (AvgIpc) is 2.43. The van der Waals surface area contributed by atoms with Crippen LogP contribution in [0.1, 0.15) is 24.8 Å². The van der Waals surface area contributed by atoms with Gasteiger partial charge in [0.25, 0.3) is 0 Å². The van der Waals surface area contributed by atoms with Gasteiger partial charge in [0, 0.05) is 6.61 Å². The normalized spacial score (nSPS) is 10.7. The first-order valence-electron chi connectivity index (χ1n) is 7.30. The monoisotopic (exact) mass is 294 g/mol. The molecule has 5 nitrogen and oxygen atoms in total. The Morgan fingerprint density at radius 3 is 2.76 bits per heavy atom. The summed E-state index contributed by atoms with van der Waals surface area (Å²) >= 11 is 0. The molecule has 0 spiro atoms. The van der Waals surface area contributed by atoms with Crippen molar-refractivity contribution in [1.29, 1.82) is 0 Å². The number of benzene rings is 1. The molecule has 0 aromatic heterocycles. The first kappa shape index (κ1) is 17.5. The molecule has 0 saturated carbocycles. The number of anilines is 1. The Bertz CT molecular complexity index is 449. The minimum absolute atomic E-state index is 0.0523. The van der Waals surface area contributed by atoms with E-state index in [2.05, 4.69) is 5.32 Å². The molecule has 0 atom stereocenters. The molecule has 0 aliphatic heterocycles. The molecule has 0 saturated heterocycles. The molecule has 0 aliphatic carbocycles. The molecule has 1 amide bonds. The fourth-order valence-electron chi connectivity index (χ4n) is 2.10. The van der Waals surface area contributed by atoms with Gasteiger partial charge in [-0.15, -0.1) is 0 Å². The number of hydrogen-bond donors (Lipinski definition) is 2. The molecule has 0 aliphatic rings. The van der Waals surface area contributed by atoms with Crippen LogP contribution in [0, 0.1) is 6.92 Å². The summed E-state index contributed by atoms with van der Waals surface area (Å²) in [5.74, 6) is 0.614. The van der Waals surface area contributed by atoms with Crippen LogP contribution in [0.4, 0.5) is 5.69 Å². The summed E-state index contributed by atoms with van der Waals surface area (Å²) in [7, 11) is 3.51. The number of hydrogen-bond acceptors (Lipinski definition) is 4. The number of carbonyl (C=O) groups is 1. The molecule has 1 aromatic rings. The molecule has 21 heavy (non-hydrogen) atoms. The maximum Gasteiger partial charge on any atom is 0.238 e. The maximum atomic E-state index is 12.0. The quantitative estimate of drug-likeness (QED) is 0.684. The Balaban J connectivity index is 2.44. The van der Waals surface area contributed by atoms with Gasteiger partial charge in [0.2, 0.25) is 5.91 Å². The summed E-state index contributed by atoms with van der Waals surface area (Å²) in [5, 5.41) is 11.6. The topological polar surface area (TPSA) is 61.8 Å². The molecule has 0 radical (unpaired) electrons. The van der Waals surface area contributed by atoms with Crippen molar-refractivity contribution in [1.82, 2.24) is 4.90 Å². The average molecular weight is 294 g/mol. The van der Waals surface area contributed by atoms with Gasteiger partial charge in [-0.3, -0.25) is 9.69 Å². The van der Waals surface area contributed by atoms with Gasteiger partial charge in [-0.2, -0.15) is 0 Å². The van der Waals surface area contributed by atoms with E-state index < -0.39 is 0 Å². The van der Waals surface area contributed by atoms with Crippen LogP contribution >= 0.6 is 0 Å². The van der Waals surface area contributed by atoms with E-state index in [1.165, 1.54) is 0 Å². The second kappa shape index (κ2) is 9.37. The Kier molecular flexibility index (Phi) is 7.79. The van der Waals surface area contributed by atoms with E-state index in [-0.39, 0.29) is 12.5 Å². The van der Waals surface area contributed by atoms with Gasteiger partial charge < -0.3 is 15.2 Å². The molecule has 2 N–H and O–H groups in total. The lowest BCUT2D eigenvalue weighted by Gasteiger charge is -2.17. The van der Waals surface area contributed by atoms with E-state index in [0.717, 1.165) is 31.4 Å². The lowest BCUT2D eigenvalue weighted by atomic mass is 10.2. The fraction of sp³-hybridized carbons (Fsp3) is 0.562. The van der Waals surface area contributed by atoms with E-state index in [1.54, 1.807) is 7.11 Å². The van der Waals surface area contributed by atoms with E-state index >= 15 is 0 Å². The summed E-state index contributed by atoms with van der Waals surface area (Å²) < 4.78 is 5.25. The first-order valence-corrected chi connectivity index (χ1v) is 7.30. The van der Waals surface area contributed by atoms with E-state index in [9.17, 15) is 4.79 Å². The van der Waals surface area contributed by atoms with Crippen molar-refractivity contribution in [3.63, 3.8) is 0 Å². The van der Waals surface area contributed by atoms with Gasteiger partial charge in [0.15, 0.2) is 0 Å². The highest BCUT2D eigenvalue weighted by molar-refractivity contribution is 5.93. The Morgan fingerprint density at radius 2 is 2.10 bits per heavy atom. The van der Waals surface area contributed by atoms with Gasteiger partial charge in [-0.05, 0) is 57.5 Å². The van der Waals surface area contributed by atoms with E-state index in [0.29, 0.717) is 18.0 Å². The molecule has 0 bridgehead atoms. The number of nitrogens with zero attached hydrogens (tertiary/aromatic N) is 1. The van der Waals surface area contributed by atoms with Gasteiger partial charge in [0.05, 0.1) is 19.3 Å². The van der Waals surface area contributed by atoms with Crippen LogP contribution in [0.2, 0.25) is 0 Å². The largest absolute Gasteiger partial charge is 0.495 e. The predicted octanol–water partition coefficient (Wildman–Crippen LogP) is 2.04. The van der Waals surface area contributed by atoms with Crippen molar-refractivity contribution >= 4 is 11.6 Å². The number of unbranched alkanes of at least 4 members (excludes halogenated alkanes) is 2. The SMILES string of the molecule is COc1ccc(C)cc1NC(=O)CN(C)CCCCCO. The van der Waals surface area contributed by atoms with Crippen molar-refractivity contribution in [2.24, 2.45) is 0 Å². The summed E-state index contributed by atoms with van der Waals surface area (Å²) in [6.45, 7) is 3.40. The number of aryl methyl sites for hydroxylation is 1. The van der Waals surface area contributed by atoms with Gasteiger partial charge in [-0.1, -0.05) is 6.07 Å². The van der Waals surface area contributed by atoms with Gasteiger partial charge >= 0.3 is 0 Å². The van der Waals surface area contributed by atoms with Crippen molar-refractivity contribution in [3.05, 3.63) is 23.8 Å². The molecule has 0 unspecified atom stereocenters. The van der Waals surface area contributed by atoms with Crippen molar-refractivity contribution in [3.8, 4) is 5.75 Å². The smallest absolute Gasteiger partial charge is 0.238 e. The number of rotatable bonds is 9. The summed E-state index contributed by atoms with van der Waals surface area (Å²) in [6, 6.07) is 5.70. The van der Waals surface area contributed by atoms with Crippen LogP contribution in [0.25, 0.3) is 0 Å². The summed E-state index contributed by atoms with van der Waals surface area (Å²) in [4.78, 5) is 14.0. The third-order valence-electron chi connectivity index (χ3n) is 3.24. The third-order valence-corrected chi connectivity index (χ3v) is 3.24. The number of nitrogens with one attached hydrogen (secondary N) is 1. The summed E-state index contributed by atoms with van der Waals surface area (Å²) in [5.41, 5.74) is 1.78. The summed E-state index contributed by atoms with van der Waals surface area (Å²) in [6.07, 6.45) is 2.78. The zero-order valence-electron chi connectivity index (χ0n) is 13.2. The van der Waals surface area contributed by atoms with Crippen LogP contribution in [0.5, 0.6) is 5.75 Å². The number of amides is 1. The zero-order valence-corrected chi connectivity index (χ0v) is 13.2. The highest BCUT2D eigenvalue weighted by atomic mass is 16.5. The fourth-order valence-corrected chi connectivity index (χ4v) is 2.10. The standard InChI is InChI=1S/C16H26N2O3/c1-13-7-8-15(21-3)14(11-13)17-16(20)12-18(2)9-5-4-6-10-19/h7-8,11,19H,4-6,9-10,12H2,1-3H3,(H,17,20). The lowest BCUT2D eigenvalue weighted by Crippen LogP contribution is -2.31. The zero-order chi connectivity index (χ0) is 15.7. The molecule has 0 heterocycles. The van der Waals surface area contributed by atoms with Crippen molar-refractivity contribution < 1.29 is 14.6 Å². The van der Waals surface area contributed by atoms with Gasteiger partial charge in [0.1, 0.15) is 5.75 Å². The van der Waals surface area contributed by atoms with E-state index in [4.69, 9.17) is 9.84 Å². The Hall–Kier alpha value is -1.59. The minimum atomic E-state index is -0.0523. The number of methoxy groups -OCH3 is 1. The Morgan fingerprint density at radius 1 is 1.33 bits per heavy atom. The van der Waals surface area contributed by atoms with Crippen molar-refractivity contribution in [2.75, 3.05) is 39.2 Å². The third kappa shape index (κ3) is 6.60. The first-order chi connectivity index (χ1) is 10.1. The Labute approximate surface area is 126 Å². The molecule has 5 heteroatoms. The number of likely N-dealkylation sites (N-methyl/N-ethyl adjacent to an activating group) is 1. The second-order valence-electron chi connectivity index (χ2n) is 5.27. The van der Waals surface area contributed by atoms with Crippen molar-refractivity contribution in [2.45, 2.75) is 26.2 Å². The van der Waals surface area contributed by atoms with Gasteiger partial charge in [-0.25, -0.2) is 0 Å². The van der Waals surface area contributed by atoms with Crippen LogP contribution in [0.15, 0.2) is 18.2 Å². The highest BCUT2D eigenvalue weighted by Gasteiger charge is 2.10. The second-order valence-corrected chi connectivity index (χ2v) is 5.27.